The molecular formula is C14H16BrNO. The molecular weight excluding hydrogens is 278 g/mol. The van der Waals surface area contributed by atoms with Gasteiger partial charge in [0.25, 0.3) is 0 Å². The Bertz CT molecular complexity index is 446. The second kappa shape index (κ2) is 4.54. The van der Waals surface area contributed by atoms with E-state index >= 15 is 0 Å². The van der Waals surface area contributed by atoms with E-state index in [1.165, 1.54) is 18.4 Å². The summed E-state index contributed by atoms with van der Waals surface area (Å²) in [6, 6.07) is 9.08. The zero-order chi connectivity index (χ0) is 11.8. The molecule has 3 heteroatoms. The maximum absolute atomic E-state index is 11.9. The second-order valence-corrected chi connectivity index (χ2v) is 5.87. The lowest BCUT2D eigenvalue weighted by Crippen LogP contribution is -2.40. The summed E-state index contributed by atoms with van der Waals surface area (Å²) in [5, 5.41) is 0. The SMILES string of the molecule is O=C1CC2CCCN2C(c2ccccc2Br)C1. The van der Waals surface area contributed by atoms with Gasteiger partial charge in [0.05, 0.1) is 0 Å². The van der Waals surface area contributed by atoms with Crippen molar-refractivity contribution in [3.05, 3.63) is 34.3 Å². The highest BCUT2D eigenvalue weighted by molar-refractivity contribution is 9.10. The van der Waals surface area contributed by atoms with Crippen molar-refractivity contribution < 1.29 is 4.79 Å². The van der Waals surface area contributed by atoms with Crippen LogP contribution in [0.5, 0.6) is 0 Å². The summed E-state index contributed by atoms with van der Waals surface area (Å²) in [6.45, 7) is 1.14. The molecule has 2 heterocycles. The van der Waals surface area contributed by atoms with Crippen LogP contribution in [0, 0.1) is 0 Å². The number of ketones is 1. The average molecular weight is 294 g/mol. The van der Waals surface area contributed by atoms with Gasteiger partial charge < -0.3 is 0 Å². The van der Waals surface area contributed by atoms with Gasteiger partial charge in [-0.05, 0) is 31.0 Å². The fraction of sp³-hybridized carbons (Fsp3) is 0.500. The predicted octanol–water partition coefficient (Wildman–Crippen LogP) is 3.32. The first-order valence-corrected chi connectivity index (χ1v) is 7.07. The Kier molecular flexibility index (Phi) is 3.05. The molecule has 0 bridgehead atoms. The lowest BCUT2D eigenvalue weighted by molar-refractivity contribution is -0.124. The summed E-state index contributed by atoms with van der Waals surface area (Å²) < 4.78 is 1.13. The molecule has 2 fully saturated rings. The maximum Gasteiger partial charge on any atom is 0.136 e. The first kappa shape index (κ1) is 11.4. The number of benzene rings is 1. The molecule has 2 nitrogen and oxygen atoms in total. The number of hydrogen-bond acceptors (Lipinski definition) is 2. The Morgan fingerprint density at radius 3 is 2.88 bits per heavy atom. The number of halogens is 1. The van der Waals surface area contributed by atoms with Crippen LogP contribution >= 0.6 is 15.9 Å². The lowest BCUT2D eigenvalue weighted by atomic mass is 9.91. The Morgan fingerprint density at radius 1 is 1.24 bits per heavy atom. The summed E-state index contributed by atoms with van der Waals surface area (Å²) in [5.41, 5.74) is 1.27. The Balaban J connectivity index is 1.95. The standard InChI is InChI=1S/C14H16BrNO/c15-13-6-2-1-5-12(13)14-9-11(17)8-10-4-3-7-16(10)14/h1-2,5-6,10,14H,3-4,7-9H2. The molecule has 1 aromatic carbocycles. The summed E-state index contributed by atoms with van der Waals surface area (Å²) in [6.07, 6.45) is 3.87. The predicted molar refractivity (Wildman–Crippen MR) is 70.9 cm³/mol. The topological polar surface area (TPSA) is 20.3 Å². The molecule has 0 aromatic heterocycles. The minimum absolute atomic E-state index is 0.291. The number of carbonyl (C=O) groups is 1. The van der Waals surface area contributed by atoms with Crippen LogP contribution in [0.15, 0.2) is 28.7 Å². The molecule has 0 aliphatic carbocycles. The van der Waals surface area contributed by atoms with E-state index in [9.17, 15) is 4.79 Å². The third-order valence-corrected chi connectivity index (χ3v) is 4.69. The van der Waals surface area contributed by atoms with E-state index in [1.54, 1.807) is 0 Å². The van der Waals surface area contributed by atoms with E-state index in [2.05, 4.69) is 39.0 Å². The van der Waals surface area contributed by atoms with Crippen LogP contribution in [0.1, 0.15) is 37.3 Å². The van der Waals surface area contributed by atoms with Crippen LogP contribution in [-0.4, -0.2) is 23.3 Å². The van der Waals surface area contributed by atoms with Gasteiger partial charge in [-0.25, -0.2) is 0 Å². The van der Waals surface area contributed by atoms with Gasteiger partial charge in [-0.3, -0.25) is 9.69 Å². The van der Waals surface area contributed by atoms with Crippen LogP contribution in [0.3, 0.4) is 0 Å². The minimum atomic E-state index is 0.291. The van der Waals surface area contributed by atoms with Gasteiger partial charge in [-0.2, -0.15) is 0 Å². The molecule has 0 amide bonds. The fourth-order valence-corrected chi connectivity index (χ4v) is 3.75. The van der Waals surface area contributed by atoms with Crippen molar-refractivity contribution in [1.82, 2.24) is 4.90 Å². The third-order valence-electron chi connectivity index (χ3n) is 3.97. The molecule has 17 heavy (non-hydrogen) atoms. The van der Waals surface area contributed by atoms with Crippen molar-refractivity contribution in [1.29, 1.82) is 0 Å². The Morgan fingerprint density at radius 2 is 2.06 bits per heavy atom. The van der Waals surface area contributed by atoms with E-state index in [0.29, 0.717) is 24.3 Å². The number of nitrogens with zero attached hydrogens (tertiary/aromatic N) is 1. The number of rotatable bonds is 1. The van der Waals surface area contributed by atoms with Crippen molar-refractivity contribution in [2.75, 3.05) is 6.54 Å². The highest BCUT2D eigenvalue weighted by Crippen LogP contribution is 2.40. The molecule has 2 saturated heterocycles. The van der Waals surface area contributed by atoms with Crippen LogP contribution in [0.25, 0.3) is 0 Å². The van der Waals surface area contributed by atoms with Gasteiger partial charge in [-0.15, -0.1) is 0 Å². The van der Waals surface area contributed by atoms with Crippen LogP contribution in [0.2, 0.25) is 0 Å². The molecule has 1 aromatic rings. The van der Waals surface area contributed by atoms with Gasteiger partial charge in [0.1, 0.15) is 5.78 Å². The summed E-state index contributed by atoms with van der Waals surface area (Å²) in [5.74, 6) is 0.425. The molecule has 3 rings (SSSR count). The quantitative estimate of drug-likeness (QED) is 0.792. The van der Waals surface area contributed by atoms with Crippen LogP contribution in [-0.2, 0) is 4.79 Å². The zero-order valence-electron chi connectivity index (χ0n) is 9.73. The molecule has 90 valence electrons. The zero-order valence-corrected chi connectivity index (χ0v) is 11.3. The highest BCUT2D eigenvalue weighted by atomic mass is 79.9. The van der Waals surface area contributed by atoms with E-state index in [4.69, 9.17) is 0 Å². The summed E-state index contributed by atoms with van der Waals surface area (Å²) in [7, 11) is 0. The number of piperidine rings is 1. The smallest absolute Gasteiger partial charge is 0.136 e. The highest BCUT2D eigenvalue weighted by Gasteiger charge is 2.38. The Labute approximate surface area is 110 Å². The molecule has 0 radical (unpaired) electrons. The molecule has 0 spiro atoms. The molecule has 0 N–H and O–H groups in total. The molecule has 0 saturated carbocycles. The number of carbonyl (C=O) groups excluding carboxylic acids is 1. The number of hydrogen-bond donors (Lipinski definition) is 0. The molecule has 2 unspecified atom stereocenters. The molecule has 2 atom stereocenters. The van der Waals surface area contributed by atoms with E-state index in [-0.39, 0.29) is 0 Å². The monoisotopic (exact) mass is 293 g/mol. The second-order valence-electron chi connectivity index (χ2n) is 5.02. The minimum Gasteiger partial charge on any atom is -0.300 e. The maximum atomic E-state index is 11.9. The fourth-order valence-electron chi connectivity index (χ4n) is 3.20. The van der Waals surface area contributed by atoms with Gasteiger partial charge in [0.2, 0.25) is 0 Å². The van der Waals surface area contributed by atoms with Crippen molar-refractivity contribution >= 4 is 21.7 Å². The van der Waals surface area contributed by atoms with E-state index in [0.717, 1.165) is 17.4 Å². The normalized spacial score (nSPS) is 29.4. The van der Waals surface area contributed by atoms with Crippen LogP contribution in [0.4, 0.5) is 0 Å². The Hall–Kier alpha value is -0.670. The van der Waals surface area contributed by atoms with E-state index in [1.807, 2.05) is 6.07 Å². The molecule has 2 aliphatic rings. The summed E-state index contributed by atoms with van der Waals surface area (Å²) >= 11 is 3.61. The number of Topliss-reactive ketones (excluding diaryl/α,β-unsaturated/α-hetero) is 1. The number of fused-ring (bicyclic) bond motifs is 1. The van der Waals surface area contributed by atoms with Crippen molar-refractivity contribution in [2.24, 2.45) is 0 Å². The van der Waals surface area contributed by atoms with Gasteiger partial charge in [0.15, 0.2) is 0 Å². The van der Waals surface area contributed by atoms with Gasteiger partial charge in [0, 0.05) is 29.4 Å². The van der Waals surface area contributed by atoms with Gasteiger partial charge >= 0.3 is 0 Å². The van der Waals surface area contributed by atoms with Crippen molar-refractivity contribution in [2.45, 2.75) is 37.8 Å². The largest absolute Gasteiger partial charge is 0.300 e. The lowest BCUT2D eigenvalue weighted by Gasteiger charge is -2.37. The summed E-state index contributed by atoms with van der Waals surface area (Å²) in [4.78, 5) is 14.4. The van der Waals surface area contributed by atoms with E-state index < -0.39 is 0 Å². The van der Waals surface area contributed by atoms with Crippen LogP contribution < -0.4 is 0 Å². The third kappa shape index (κ3) is 2.06. The van der Waals surface area contributed by atoms with Crippen molar-refractivity contribution in [3.8, 4) is 0 Å². The van der Waals surface area contributed by atoms with Gasteiger partial charge in [-0.1, -0.05) is 34.1 Å². The first-order chi connectivity index (χ1) is 8.25. The molecule has 2 aliphatic heterocycles. The average Bonchev–Trinajstić information content (AvgIpc) is 2.76. The van der Waals surface area contributed by atoms with Crippen molar-refractivity contribution in [3.63, 3.8) is 0 Å². The first-order valence-electron chi connectivity index (χ1n) is 6.27.